The van der Waals surface area contributed by atoms with Gasteiger partial charge in [0.15, 0.2) is 0 Å². The molecule has 7 nitrogen and oxygen atoms in total. The molecule has 0 bridgehead atoms. The maximum atomic E-state index is 11.6. The van der Waals surface area contributed by atoms with Gasteiger partial charge in [-0.05, 0) is 19.1 Å². The Kier molecular flexibility index (Phi) is 4.99. The third kappa shape index (κ3) is 7.08. The van der Waals surface area contributed by atoms with Crippen molar-refractivity contribution in [2.75, 3.05) is 27.7 Å². The molecule has 0 aliphatic heterocycles. The van der Waals surface area contributed by atoms with E-state index in [2.05, 4.69) is 17.2 Å². The van der Waals surface area contributed by atoms with Crippen LogP contribution in [-0.2, 0) is 0 Å². The van der Waals surface area contributed by atoms with Crippen molar-refractivity contribution in [2.24, 2.45) is 0 Å². The zero-order valence-corrected chi connectivity index (χ0v) is 14.6. The van der Waals surface area contributed by atoms with Crippen molar-refractivity contribution in [3.63, 3.8) is 0 Å². The van der Waals surface area contributed by atoms with E-state index in [-0.39, 0.29) is 0 Å². The van der Waals surface area contributed by atoms with E-state index in [4.69, 9.17) is 0 Å². The molecule has 0 unspecified atom stereocenters. The molecule has 0 radical (unpaired) electrons. The summed E-state index contributed by atoms with van der Waals surface area (Å²) in [5, 5.41) is 19.6. The van der Waals surface area contributed by atoms with Crippen molar-refractivity contribution in [3.8, 4) is 0 Å². The molecule has 2 aromatic rings. The summed E-state index contributed by atoms with van der Waals surface area (Å²) >= 11 is 0. The second kappa shape index (κ2) is 5.97. The summed E-state index contributed by atoms with van der Waals surface area (Å²) in [6.07, 6.45) is 1.42. The fourth-order valence-electron chi connectivity index (χ4n) is 1.85. The fraction of sp³-hybridized carbons (Fsp3) is 0.455. The average Bonchev–Trinajstić information content (AvgIpc) is 2.80. The summed E-state index contributed by atoms with van der Waals surface area (Å²) in [6.45, 7) is 2.88. The predicted molar refractivity (Wildman–Crippen MR) is 80.9 cm³/mol. The van der Waals surface area contributed by atoms with Gasteiger partial charge in [0.05, 0.1) is 33.9 Å². The molecule has 2 aromatic heterocycles. The Morgan fingerprint density at radius 3 is 2.24 bits per heavy atom. The van der Waals surface area contributed by atoms with E-state index in [9.17, 15) is 30.4 Å². The minimum atomic E-state index is -10.7. The van der Waals surface area contributed by atoms with Crippen molar-refractivity contribution in [1.29, 1.82) is 0 Å². The summed E-state index contributed by atoms with van der Waals surface area (Å²) in [7, 11) is -4.82. The van der Waals surface area contributed by atoms with Crippen molar-refractivity contribution < 1.29 is 34.5 Å². The summed E-state index contributed by atoms with van der Waals surface area (Å²) < 4.78 is 63.5. The van der Waals surface area contributed by atoms with Crippen molar-refractivity contribution >= 4 is 24.9 Å². The van der Waals surface area contributed by atoms with Gasteiger partial charge in [-0.3, -0.25) is 9.48 Å². The second-order valence-electron chi connectivity index (χ2n) is 5.21. The predicted octanol–water partition coefficient (Wildman–Crippen LogP) is 2.88. The van der Waals surface area contributed by atoms with Crippen LogP contribution in [0.1, 0.15) is 6.92 Å². The van der Waals surface area contributed by atoms with Crippen LogP contribution in [0.15, 0.2) is 18.3 Å². The Labute approximate surface area is 138 Å². The van der Waals surface area contributed by atoms with Crippen molar-refractivity contribution in [3.05, 3.63) is 23.5 Å². The van der Waals surface area contributed by atoms with Gasteiger partial charge >= 0.3 is 44.6 Å². The van der Waals surface area contributed by atoms with E-state index in [0.29, 0.717) is 11.2 Å². The van der Waals surface area contributed by atoms with Crippen LogP contribution >= 0.6 is 7.81 Å². The molecule has 0 N–H and O–H groups in total. The van der Waals surface area contributed by atoms with Gasteiger partial charge in [0, 0.05) is 0 Å². The monoisotopic (exact) mass is 394 g/mol. The van der Waals surface area contributed by atoms with Gasteiger partial charge in [0.25, 0.3) is 0 Å². The Balaban J connectivity index is 0.000000381. The molecule has 0 saturated carbocycles. The van der Waals surface area contributed by atoms with Gasteiger partial charge < -0.3 is 5.21 Å². The number of hydrogen-bond acceptors (Lipinski definition) is 3. The molecule has 0 atom stereocenters. The molecule has 0 aromatic carbocycles. The van der Waals surface area contributed by atoms with E-state index in [1.54, 1.807) is 10.7 Å². The molecule has 0 aliphatic carbocycles. The van der Waals surface area contributed by atoms with E-state index in [1.165, 1.54) is 6.20 Å². The quantitative estimate of drug-likeness (QED) is 0.186. The second-order valence-corrected chi connectivity index (χ2v) is 7.13. The summed E-state index contributed by atoms with van der Waals surface area (Å²) in [5.41, 5.74) is 1.01. The number of fused-ring (bicyclic) bond motifs is 1. The van der Waals surface area contributed by atoms with Crippen LogP contribution in [0.4, 0.5) is 25.2 Å². The summed E-state index contributed by atoms with van der Waals surface area (Å²) in [4.78, 5) is 2.04. The van der Waals surface area contributed by atoms with E-state index >= 15 is 0 Å². The molecule has 0 amide bonds. The van der Waals surface area contributed by atoms with Gasteiger partial charge in [0.1, 0.15) is 10.3 Å². The zero-order valence-electron chi connectivity index (χ0n) is 13.7. The first kappa shape index (κ1) is 20.9. The Hall–Kier alpha value is -2.17. The van der Waals surface area contributed by atoms with Gasteiger partial charge in [-0.1, -0.05) is 4.68 Å². The minimum absolute atomic E-state index is 0.321. The average molecular weight is 394 g/mol. The first-order valence-corrected chi connectivity index (χ1v) is 8.80. The van der Waals surface area contributed by atoms with Crippen LogP contribution < -0.4 is 4.73 Å². The Morgan fingerprint density at radius 2 is 1.80 bits per heavy atom. The van der Waals surface area contributed by atoms with E-state index < -0.39 is 7.81 Å². The molecule has 0 spiro atoms. The molecule has 0 saturated heterocycles. The number of halogens is 6. The van der Waals surface area contributed by atoms with Crippen LogP contribution in [0.25, 0.3) is 11.2 Å². The molecule has 0 fully saturated rings. The van der Waals surface area contributed by atoms with Crippen LogP contribution in [0.2, 0.25) is 0 Å². The molecule has 0 aliphatic rings. The number of hydrogen-bond donors (Lipinski definition) is 0. The molecular formula is C11H17F6N6OP. The summed E-state index contributed by atoms with van der Waals surface area (Å²) in [5.74, 6) is 0.867. The van der Waals surface area contributed by atoms with Crippen LogP contribution in [0, 0.1) is 5.21 Å². The van der Waals surface area contributed by atoms with E-state index in [0.717, 1.165) is 17.2 Å². The van der Waals surface area contributed by atoms with Crippen LogP contribution in [0.5, 0.6) is 0 Å². The number of aromatic nitrogens is 4. The maximum absolute atomic E-state index is 11.6. The van der Waals surface area contributed by atoms with E-state index in [1.807, 2.05) is 36.7 Å². The standard InChI is InChI=1S/C11H17N6O.F6P/c1-5-15(4)11(14(2)3)17-9-7-6-8-16(18)10(9)12-13-17;1-7(2,3,4,5)6/h6-8H,5H2,1-4H3;/q+1;-1. The van der Waals surface area contributed by atoms with Crippen LogP contribution in [0.3, 0.4) is 0 Å². The number of pyridine rings is 1. The third-order valence-electron chi connectivity index (χ3n) is 2.78. The van der Waals surface area contributed by atoms with Gasteiger partial charge in [0.2, 0.25) is 5.52 Å². The van der Waals surface area contributed by atoms with Gasteiger partial charge in [-0.2, -0.15) is 0 Å². The topological polar surface area (TPSA) is 63.9 Å². The first-order valence-electron chi connectivity index (χ1n) is 6.77. The Morgan fingerprint density at radius 1 is 1.28 bits per heavy atom. The molecule has 2 rings (SSSR count). The normalized spacial score (nSPS) is 14.2. The van der Waals surface area contributed by atoms with Gasteiger partial charge in [-0.25, -0.2) is 4.73 Å². The number of rotatable bonds is 1. The molecule has 144 valence electrons. The Bertz CT molecular complexity index is 787. The molecule has 25 heavy (non-hydrogen) atoms. The molecule has 14 heteroatoms. The summed E-state index contributed by atoms with van der Waals surface area (Å²) in [6, 6.07) is 3.52. The first-order chi connectivity index (χ1) is 11.0. The SMILES string of the molecule is CCN(C)C(n1nnc2c1ccc[n+]2[O-])=[N+](C)C.F[P-](F)(F)(F)(F)F. The zero-order chi connectivity index (χ0) is 19.7. The molecule has 2 heterocycles. The fourth-order valence-corrected chi connectivity index (χ4v) is 1.85. The van der Waals surface area contributed by atoms with Gasteiger partial charge in [-0.15, -0.1) is 0 Å². The number of nitrogens with zero attached hydrogens (tertiary/aromatic N) is 6. The van der Waals surface area contributed by atoms with Crippen molar-refractivity contribution in [1.82, 2.24) is 19.9 Å². The van der Waals surface area contributed by atoms with Crippen molar-refractivity contribution in [2.45, 2.75) is 6.92 Å². The van der Waals surface area contributed by atoms with Crippen LogP contribution in [-0.4, -0.2) is 58.1 Å². The molecular weight excluding hydrogens is 377 g/mol. The third-order valence-corrected chi connectivity index (χ3v) is 2.78.